The molecule has 0 aliphatic heterocycles. The van der Waals surface area contributed by atoms with Gasteiger partial charge in [-0.3, -0.25) is 5.10 Å². The monoisotopic (exact) mass is 265 g/mol. The zero-order valence-electron chi connectivity index (χ0n) is 8.20. The van der Waals surface area contributed by atoms with E-state index in [1.807, 2.05) is 18.2 Å². The summed E-state index contributed by atoms with van der Waals surface area (Å²) in [5.41, 5.74) is 7.82. The highest BCUT2D eigenvalue weighted by atomic mass is 79.9. The van der Waals surface area contributed by atoms with Crippen molar-refractivity contribution in [3.63, 3.8) is 0 Å². The zero-order chi connectivity index (χ0) is 10.7. The molecule has 0 saturated carbocycles. The van der Waals surface area contributed by atoms with Gasteiger partial charge in [-0.1, -0.05) is 34.1 Å². The van der Waals surface area contributed by atoms with E-state index in [1.165, 1.54) is 0 Å². The maximum Gasteiger partial charge on any atom is 0.153 e. The maximum absolute atomic E-state index is 5.68. The number of nitrogens with two attached hydrogens (primary N) is 1. The third-order valence-electron chi connectivity index (χ3n) is 2.20. The molecule has 15 heavy (non-hydrogen) atoms. The van der Waals surface area contributed by atoms with Gasteiger partial charge in [-0.25, -0.2) is 0 Å². The third kappa shape index (κ3) is 2.21. The van der Waals surface area contributed by atoms with Crippen LogP contribution in [0.5, 0.6) is 0 Å². The van der Waals surface area contributed by atoms with Crippen molar-refractivity contribution < 1.29 is 0 Å². The molecular formula is C11H12BrN3. The lowest BCUT2D eigenvalue weighted by Gasteiger charge is -1.94. The number of hydrogen-bond donors (Lipinski definition) is 2. The molecule has 4 heteroatoms. The molecule has 78 valence electrons. The summed E-state index contributed by atoms with van der Waals surface area (Å²) in [5, 5.41) is 8.82. The van der Waals surface area contributed by atoms with Crippen molar-refractivity contribution in [2.45, 2.75) is 6.42 Å². The fourth-order valence-corrected chi connectivity index (χ4v) is 1.71. The van der Waals surface area contributed by atoms with Crippen LogP contribution < -0.4 is 5.73 Å². The van der Waals surface area contributed by atoms with Crippen LogP contribution in [-0.2, 0) is 0 Å². The van der Waals surface area contributed by atoms with Gasteiger partial charge in [0, 0.05) is 10.7 Å². The number of hydrogen-bond acceptors (Lipinski definition) is 2. The van der Waals surface area contributed by atoms with Crippen molar-refractivity contribution in [3.8, 4) is 0 Å². The Kier molecular flexibility index (Phi) is 3.06. The van der Waals surface area contributed by atoms with Crippen molar-refractivity contribution in [2.75, 3.05) is 11.1 Å². The van der Waals surface area contributed by atoms with Gasteiger partial charge in [-0.15, -0.1) is 0 Å². The lowest BCUT2D eigenvalue weighted by molar-refractivity contribution is 1.13. The molecular weight excluding hydrogens is 254 g/mol. The number of nitrogens with one attached hydrogen (secondary N) is 1. The largest absolute Gasteiger partial charge is 0.382 e. The zero-order valence-corrected chi connectivity index (χ0v) is 9.79. The highest BCUT2D eigenvalue weighted by Crippen LogP contribution is 2.19. The molecule has 0 atom stereocenters. The molecule has 0 aliphatic rings. The van der Waals surface area contributed by atoms with Crippen molar-refractivity contribution in [3.05, 3.63) is 29.8 Å². The van der Waals surface area contributed by atoms with E-state index in [9.17, 15) is 0 Å². The SMILES string of the molecule is Nc1n[nH]c2cc(C=CCCBr)ccc12. The normalized spacial score (nSPS) is 11.5. The third-order valence-corrected chi connectivity index (χ3v) is 2.66. The van der Waals surface area contributed by atoms with Crippen LogP contribution in [-0.4, -0.2) is 15.5 Å². The smallest absolute Gasteiger partial charge is 0.153 e. The van der Waals surface area contributed by atoms with Gasteiger partial charge in [0.15, 0.2) is 5.82 Å². The minimum Gasteiger partial charge on any atom is -0.382 e. The molecule has 0 bridgehead atoms. The first-order valence-corrected chi connectivity index (χ1v) is 5.89. The van der Waals surface area contributed by atoms with Crippen molar-refractivity contribution >= 4 is 38.7 Å². The molecule has 3 N–H and O–H groups in total. The molecule has 0 amide bonds. The van der Waals surface area contributed by atoms with Crippen LogP contribution in [0.2, 0.25) is 0 Å². The standard InChI is InChI=1S/C11H12BrN3/c12-6-2-1-3-8-4-5-9-10(7-8)14-15-11(9)13/h1,3-5,7H,2,6H2,(H3,13,14,15). The first-order valence-electron chi connectivity index (χ1n) is 4.77. The van der Waals surface area contributed by atoms with Crippen LogP contribution in [0.25, 0.3) is 17.0 Å². The minimum absolute atomic E-state index is 0.556. The van der Waals surface area contributed by atoms with Gasteiger partial charge >= 0.3 is 0 Å². The van der Waals surface area contributed by atoms with Gasteiger partial charge in [0.2, 0.25) is 0 Å². The highest BCUT2D eigenvalue weighted by molar-refractivity contribution is 9.09. The van der Waals surface area contributed by atoms with Crippen LogP contribution in [0.15, 0.2) is 24.3 Å². The number of allylic oxidation sites excluding steroid dienone is 1. The molecule has 3 nitrogen and oxygen atoms in total. The first kappa shape index (κ1) is 10.2. The van der Waals surface area contributed by atoms with Gasteiger partial charge in [-0.05, 0) is 24.1 Å². The van der Waals surface area contributed by atoms with Crippen LogP contribution in [0, 0.1) is 0 Å². The van der Waals surface area contributed by atoms with E-state index in [-0.39, 0.29) is 0 Å². The average molecular weight is 266 g/mol. The summed E-state index contributed by atoms with van der Waals surface area (Å²) >= 11 is 3.38. The van der Waals surface area contributed by atoms with Crippen molar-refractivity contribution in [1.29, 1.82) is 0 Å². The lowest BCUT2D eigenvalue weighted by Crippen LogP contribution is -1.83. The number of nitrogens with zero attached hydrogens (tertiary/aromatic N) is 1. The summed E-state index contributed by atoms with van der Waals surface area (Å²) in [6, 6.07) is 6.07. The van der Waals surface area contributed by atoms with E-state index in [2.05, 4.69) is 38.3 Å². The number of aromatic nitrogens is 2. The molecule has 0 aliphatic carbocycles. The number of H-pyrrole nitrogens is 1. The average Bonchev–Trinajstić information content (AvgIpc) is 2.61. The number of halogens is 1. The maximum atomic E-state index is 5.68. The van der Waals surface area contributed by atoms with E-state index in [0.29, 0.717) is 5.82 Å². The summed E-state index contributed by atoms with van der Waals surface area (Å²) < 4.78 is 0. The Morgan fingerprint density at radius 1 is 1.47 bits per heavy atom. The molecule has 1 aromatic carbocycles. The summed E-state index contributed by atoms with van der Waals surface area (Å²) in [6.45, 7) is 0. The van der Waals surface area contributed by atoms with Crippen molar-refractivity contribution in [2.24, 2.45) is 0 Å². The second-order valence-corrected chi connectivity index (χ2v) is 4.09. The van der Waals surface area contributed by atoms with Gasteiger partial charge in [0.1, 0.15) is 0 Å². The second-order valence-electron chi connectivity index (χ2n) is 3.29. The van der Waals surface area contributed by atoms with Gasteiger partial charge in [0.05, 0.1) is 5.52 Å². The second kappa shape index (κ2) is 4.49. The van der Waals surface area contributed by atoms with Crippen LogP contribution in [0.1, 0.15) is 12.0 Å². The fourth-order valence-electron chi connectivity index (χ4n) is 1.44. The number of rotatable bonds is 3. The molecule has 2 rings (SSSR count). The van der Waals surface area contributed by atoms with Crippen LogP contribution in [0.4, 0.5) is 5.82 Å². The van der Waals surface area contributed by atoms with Gasteiger partial charge < -0.3 is 5.73 Å². The summed E-state index contributed by atoms with van der Waals surface area (Å²) in [7, 11) is 0. The predicted octanol–water partition coefficient (Wildman–Crippen LogP) is 2.94. The number of fused-ring (bicyclic) bond motifs is 1. The summed E-state index contributed by atoms with van der Waals surface area (Å²) in [6.07, 6.45) is 5.26. The molecule has 0 fully saturated rings. The van der Waals surface area contributed by atoms with E-state index in [4.69, 9.17) is 5.73 Å². The van der Waals surface area contributed by atoms with E-state index >= 15 is 0 Å². The predicted molar refractivity (Wildman–Crippen MR) is 68.0 cm³/mol. The topological polar surface area (TPSA) is 54.7 Å². The molecule has 1 aromatic heterocycles. The molecule has 0 saturated heterocycles. The number of anilines is 1. The van der Waals surface area contributed by atoms with Gasteiger partial charge in [0.25, 0.3) is 0 Å². The van der Waals surface area contributed by atoms with Crippen LogP contribution in [0.3, 0.4) is 0 Å². The summed E-state index contributed by atoms with van der Waals surface area (Å²) in [5.74, 6) is 0.556. The lowest BCUT2D eigenvalue weighted by atomic mass is 10.1. The Labute approximate surface area is 96.5 Å². The van der Waals surface area contributed by atoms with Gasteiger partial charge in [-0.2, -0.15) is 5.10 Å². The Bertz CT molecular complexity index is 488. The van der Waals surface area contributed by atoms with Crippen molar-refractivity contribution in [1.82, 2.24) is 10.2 Å². The Morgan fingerprint density at radius 3 is 3.13 bits per heavy atom. The molecule has 2 aromatic rings. The van der Waals surface area contributed by atoms with E-state index < -0.39 is 0 Å². The number of nitrogen functional groups attached to an aromatic ring is 1. The number of aromatic amines is 1. The first-order chi connectivity index (χ1) is 7.31. The molecule has 0 radical (unpaired) electrons. The highest BCUT2D eigenvalue weighted by Gasteiger charge is 2.00. The molecule has 0 spiro atoms. The summed E-state index contributed by atoms with van der Waals surface area (Å²) in [4.78, 5) is 0. The fraction of sp³-hybridized carbons (Fsp3) is 0.182. The van der Waals surface area contributed by atoms with E-state index in [1.54, 1.807) is 0 Å². The quantitative estimate of drug-likeness (QED) is 0.839. The Morgan fingerprint density at radius 2 is 2.33 bits per heavy atom. The Hall–Kier alpha value is -1.29. The number of alkyl halides is 1. The van der Waals surface area contributed by atoms with E-state index in [0.717, 1.165) is 28.2 Å². The number of benzene rings is 1. The Balaban J connectivity index is 2.31. The molecule has 0 unspecified atom stereocenters. The minimum atomic E-state index is 0.556. The molecule has 1 heterocycles. The van der Waals surface area contributed by atoms with Crippen LogP contribution >= 0.6 is 15.9 Å².